The van der Waals surface area contributed by atoms with Crippen molar-refractivity contribution in [3.63, 3.8) is 0 Å². The third-order valence-corrected chi connectivity index (χ3v) is 8.65. The van der Waals surface area contributed by atoms with Crippen molar-refractivity contribution >= 4 is 20.2 Å². The summed E-state index contributed by atoms with van der Waals surface area (Å²) >= 11 is 0. The summed E-state index contributed by atoms with van der Waals surface area (Å²) < 4.78 is 80.1. The molecule has 3 aromatic rings. The van der Waals surface area contributed by atoms with Gasteiger partial charge in [-0.2, -0.15) is 16.8 Å². The zero-order valence-corrected chi connectivity index (χ0v) is 22.9. The van der Waals surface area contributed by atoms with E-state index in [0.29, 0.717) is 0 Å². The van der Waals surface area contributed by atoms with Crippen LogP contribution in [0.15, 0.2) is 88.7 Å². The Hall–Kier alpha value is -2.64. The van der Waals surface area contributed by atoms with Crippen LogP contribution in [0.4, 0.5) is 0 Å². The van der Waals surface area contributed by atoms with Crippen molar-refractivity contribution in [3.8, 4) is 0 Å². The molecule has 0 unspecified atom stereocenters. The molecule has 1 fully saturated rings. The molecule has 1 aliphatic heterocycles. The van der Waals surface area contributed by atoms with Gasteiger partial charge >= 0.3 is 0 Å². The zero-order valence-electron chi connectivity index (χ0n) is 21.2. The van der Waals surface area contributed by atoms with Gasteiger partial charge in [0.15, 0.2) is 6.29 Å². The molecule has 1 heterocycles. The fourth-order valence-corrected chi connectivity index (χ4v) is 5.94. The van der Waals surface area contributed by atoms with Crippen molar-refractivity contribution in [2.24, 2.45) is 0 Å². The molecule has 0 aromatic heterocycles. The molecule has 38 heavy (non-hydrogen) atoms. The van der Waals surface area contributed by atoms with Gasteiger partial charge in [0, 0.05) is 7.11 Å². The van der Waals surface area contributed by atoms with Crippen LogP contribution in [-0.2, 0) is 49.4 Å². The summed E-state index contributed by atoms with van der Waals surface area (Å²) in [5.74, 6) is 0. The smallest absolute Gasteiger partial charge is 0.297 e. The molecule has 1 aliphatic rings. The Bertz CT molecular complexity index is 1410. The summed E-state index contributed by atoms with van der Waals surface area (Å²) in [7, 11) is -7.05. The van der Waals surface area contributed by atoms with Crippen molar-refractivity contribution in [2.45, 2.75) is 54.8 Å². The molecule has 0 N–H and O–H groups in total. The number of ether oxygens (including phenoxy) is 3. The first kappa shape index (κ1) is 28.4. The molecule has 0 bridgehead atoms. The van der Waals surface area contributed by atoms with Crippen LogP contribution in [0, 0.1) is 13.8 Å². The lowest BCUT2D eigenvalue weighted by Crippen LogP contribution is -2.41. The van der Waals surface area contributed by atoms with E-state index in [1.165, 1.54) is 31.4 Å². The first-order chi connectivity index (χ1) is 18.1. The van der Waals surface area contributed by atoms with Crippen molar-refractivity contribution in [1.82, 2.24) is 0 Å². The molecule has 4 rings (SSSR count). The van der Waals surface area contributed by atoms with E-state index in [4.69, 9.17) is 22.6 Å². The van der Waals surface area contributed by atoms with E-state index in [1.54, 1.807) is 24.3 Å². The second kappa shape index (κ2) is 12.0. The Kier molecular flexibility index (Phi) is 8.99. The van der Waals surface area contributed by atoms with Crippen molar-refractivity contribution in [2.75, 3.05) is 13.7 Å². The van der Waals surface area contributed by atoms with E-state index in [9.17, 15) is 16.8 Å². The van der Waals surface area contributed by atoms with E-state index < -0.39 is 51.4 Å². The van der Waals surface area contributed by atoms with Crippen LogP contribution in [0.5, 0.6) is 0 Å². The molecule has 0 radical (unpaired) electrons. The van der Waals surface area contributed by atoms with Gasteiger partial charge in [0.2, 0.25) is 0 Å². The first-order valence-corrected chi connectivity index (χ1v) is 14.7. The maximum absolute atomic E-state index is 13.2. The van der Waals surface area contributed by atoms with E-state index in [2.05, 4.69) is 0 Å². The maximum atomic E-state index is 13.2. The van der Waals surface area contributed by atoms with Crippen LogP contribution < -0.4 is 0 Å². The Labute approximate surface area is 223 Å². The largest absolute Gasteiger partial charge is 0.365 e. The minimum Gasteiger partial charge on any atom is -0.365 e. The number of benzene rings is 3. The second-order valence-corrected chi connectivity index (χ2v) is 12.1. The Morgan fingerprint density at radius 1 is 0.737 bits per heavy atom. The normalized spacial score (nSPS) is 22.0. The SMILES string of the molecule is CO[C@@H]1O[C@H](COS(=O)(=O)c2ccc(C)cc2)[C@@H](OS(=O)(=O)c2ccc(C)cc2)[C@@H]1OCc1ccccc1. The molecule has 1 saturated heterocycles. The van der Waals surface area contributed by atoms with Gasteiger partial charge < -0.3 is 14.2 Å². The number of rotatable bonds is 11. The Morgan fingerprint density at radius 2 is 1.29 bits per heavy atom. The maximum Gasteiger partial charge on any atom is 0.297 e. The quantitative estimate of drug-likeness (QED) is 0.322. The van der Waals surface area contributed by atoms with E-state index in [-0.39, 0.29) is 16.4 Å². The van der Waals surface area contributed by atoms with Gasteiger partial charge in [-0.1, -0.05) is 65.7 Å². The lowest BCUT2D eigenvalue weighted by molar-refractivity contribution is -0.167. The van der Waals surface area contributed by atoms with Gasteiger partial charge in [0.1, 0.15) is 18.3 Å². The molecule has 0 saturated carbocycles. The second-order valence-electron chi connectivity index (χ2n) is 8.92. The van der Waals surface area contributed by atoms with Gasteiger partial charge in [-0.25, -0.2) is 0 Å². The highest BCUT2D eigenvalue weighted by atomic mass is 32.2. The topological polar surface area (TPSA) is 114 Å². The highest BCUT2D eigenvalue weighted by molar-refractivity contribution is 7.87. The Balaban J connectivity index is 1.58. The highest BCUT2D eigenvalue weighted by Gasteiger charge is 2.49. The van der Waals surface area contributed by atoms with Crippen LogP contribution in [0.3, 0.4) is 0 Å². The summed E-state index contributed by atoms with van der Waals surface area (Å²) in [6, 6.07) is 21.6. The van der Waals surface area contributed by atoms with Crippen molar-refractivity contribution < 1.29 is 39.4 Å². The lowest BCUT2D eigenvalue weighted by atomic mass is 10.1. The van der Waals surface area contributed by atoms with Crippen LogP contribution in [0.1, 0.15) is 16.7 Å². The average Bonchev–Trinajstić information content (AvgIpc) is 3.23. The summed E-state index contributed by atoms with van der Waals surface area (Å²) in [6.45, 7) is 3.27. The fourth-order valence-electron chi connectivity index (χ4n) is 3.91. The average molecular weight is 563 g/mol. The molecule has 4 atom stereocenters. The van der Waals surface area contributed by atoms with Gasteiger partial charge in [-0.05, 0) is 43.7 Å². The molecular formula is C27H30O9S2. The van der Waals surface area contributed by atoms with Gasteiger partial charge in [0.05, 0.1) is 23.0 Å². The van der Waals surface area contributed by atoms with E-state index in [1.807, 2.05) is 44.2 Å². The third kappa shape index (κ3) is 6.86. The predicted octanol–water partition coefficient (Wildman–Crippen LogP) is 3.74. The molecular weight excluding hydrogens is 532 g/mol. The van der Waals surface area contributed by atoms with Crippen LogP contribution in [0.2, 0.25) is 0 Å². The lowest BCUT2D eigenvalue weighted by Gasteiger charge is -2.24. The van der Waals surface area contributed by atoms with Crippen LogP contribution in [-0.4, -0.2) is 55.2 Å². The van der Waals surface area contributed by atoms with E-state index >= 15 is 0 Å². The minimum absolute atomic E-state index is 0.0361. The summed E-state index contributed by atoms with van der Waals surface area (Å²) in [5, 5.41) is 0. The monoisotopic (exact) mass is 562 g/mol. The standard InChI is InChI=1S/C27H30O9S2/c1-19-9-13-22(14-10-19)37(28,29)34-18-24-25(36-38(30,31)23-15-11-20(2)12-16-23)26(27(32-3)35-24)33-17-21-7-5-4-6-8-21/h4-16,24-27H,17-18H2,1-3H3/t24-,25-,26+,27-/m1/s1. The molecule has 0 spiro atoms. The molecule has 3 aromatic carbocycles. The van der Waals surface area contributed by atoms with Gasteiger partial charge in [0.25, 0.3) is 20.2 Å². The van der Waals surface area contributed by atoms with Crippen LogP contribution >= 0.6 is 0 Å². The molecule has 204 valence electrons. The zero-order chi connectivity index (χ0) is 27.3. The highest BCUT2D eigenvalue weighted by Crippen LogP contribution is 2.32. The number of aryl methyl sites for hydroxylation is 2. The number of hydrogen-bond acceptors (Lipinski definition) is 9. The van der Waals surface area contributed by atoms with Crippen LogP contribution in [0.25, 0.3) is 0 Å². The van der Waals surface area contributed by atoms with Crippen molar-refractivity contribution in [3.05, 3.63) is 95.6 Å². The van der Waals surface area contributed by atoms with E-state index in [0.717, 1.165) is 16.7 Å². The number of methoxy groups -OCH3 is 1. The molecule has 0 aliphatic carbocycles. The molecule has 0 amide bonds. The Morgan fingerprint density at radius 3 is 1.84 bits per heavy atom. The summed E-state index contributed by atoms with van der Waals surface area (Å²) in [4.78, 5) is -0.0938. The minimum atomic E-state index is -4.27. The van der Waals surface area contributed by atoms with Gasteiger partial charge in [-0.15, -0.1) is 0 Å². The third-order valence-electron chi connectivity index (χ3n) is 6.03. The summed E-state index contributed by atoms with van der Waals surface area (Å²) in [5.41, 5.74) is 2.60. The number of hydrogen-bond donors (Lipinski definition) is 0. The predicted molar refractivity (Wildman–Crippen MR) is 138 cm³/mol. The first-order valence-electron chi connectivity index (χ1n) is 11.9. The van der Waals surface area contributed by atoms with Gasteiger partial charge in [-0.3, -0.25) is 8.37 Å². The summed E-state index contributed by atoms with van der Waals surface area (Å²) in [6.07, 6.45) is -4.44. The molecule has 11 heteroatoms. The fraction of sp³-hybridized carbons (Fsp3) is 0.333. The molecule has 9 nitrogen and oxygen atoms in total. The van der Waals surface area contributed by atoms with Crippen molar-refractivity contribution in [1.29, 1.82) is 0 Å².